The summed E-state index contributed by atoms with van der Waals surface area (Å²) in [4.78, 5) is 23.9. The normalized spacial score (nSPS) is 26.1. The van der Waals surface area contributed by atoms with Gasteiger partial charge in [-0.1, -0.05) is 24.3 Å². The van der Waals surface area contributed by atoms with Crippen LogP contribution in [0.15, 0.2) is 48.5 Å². The maximum atomic E-state index is 12.0. The molecule has 32 heavy (non-hydrogen) atoms. The zero-order chi connectivity index (χ0) is 22.5. The third kappa shape index (κ3) is 4.71. The molecule has 0 amide bonds. The van der Waals surface area contributed by atoms with Crippen LogP contribution in [0.2, 0.25) is 0 Å². The van der Waals surface area contributed by atoms with Gasteiger partial charge in [0.25, 0.3) is 0 Å². The molecule has 2 aromatic carbocycles. The number of ether oxygens (including phenoxy) is 4. The van der Waals surface area contributed by atoms with Crippen molar-refractivity contribution in [2.75, 3.05) is 39.6 Å². The quantitative estimate of drug-likeness (QED) is 0.730. The standard InChI is InChI=1S/C24H26O8/c25-23(26)21-19-15-1-5-17(6-2-15)31-13-11-29-9-10-30-12-14-32-18-7-3-16(4-8-18)20(19)22(21)24(27)28/h1-8,19-22H,9-14H2,(H,25,26)(H,27,28)/t19-,20+,21+,22-. The molecule has 4 aliphatic rings. The lowest BCUT2D eigenvalue weighted by molar-refractivity contribution is -0.164. The van der Waals surface area contributed by atoms with Crippen LogP contribution < -0.4 is 9.47 Å². The van der Waals surface area contributed by atoms with Crippen LogP contribution in [0.1, 0.15) is 23.0 Å². The van der Waals surface area contributed by atoms with E-state index in [2.05, 4.69) is 0 Å². The summed E-state index contributed by atoms with van der Waals surface area (Å²) in [5.41, 5.74) is 1.55. The van der Waals surface area contributed by atoms with Crippen molar-refractivity contribution in [2.24, 2.45) is 11.8 Å². The molecule has 2 N–H and O–H groups in total. The summed E-state index contributed by atoms with van der Waals surface area (Å²) >= 11 is 0. The number of carboxylic acid groups (broad SMARTS) is 2. The number of hydrogen-bond donors (Lipinski definition) is 2. The van der Waals surface area contributed by atoms with Gasteiger partial charge in [-0.2, -0.15) is 0 Å². The summed E-state index contributed by atoms with van der Waals surface area (Å²) in [6.07, 6.45) is 0. The van der Waals surface area contributed by atoms with Gasteiger partial charge in [0, 0.05) is 11.8 Å². The highest BCUT2D eigenvalue weighted by Crippen LogP contribution is 2.58. The van der Waals surface area contributed by atoms with Crippen molar-refractivity contribution >= 4 is 11.9 Å². The predicted molar refractivity (Wildman–Crippen MR) is 113 cm³/mol. The van der Waals surface area contributed by atoms with Gasteiger partial charge in [-0.05, 0) is 35.4 Å². The van der Waals surface area contributed by atoms with E-state index < -0.39 is 35.6 Å². The van der Waals surface area contributed by atoms with E-state index in [0.29, 0.717) is 51.1 Å². The zero-order valence-corrected chi connectivity index (χ0v) is 17.5. The van der Waals surface area contributed by atoms with Crippen LogP contribution >= 0.6 is 0 Å². The Kier molecular flexibility index (Phi) is 6.92. The third-order valence-corrected chi connectivity index (χ3v) is 6.01. The van der Waals surface area contributed by atoms with E-state index in [9.17, 15) is 19.8 Å². The fraction of sp³-hybridized carbons (Fsp3) is 0.417. The lowest BCUT2D eigenvalue weighted by Crippen LogP contribution is -2.51. The maximum Gasteiger partial charge on any atom is 0.308 e. The van der Waals surface area contributed by atoms with Crippen LogP contribution in [0.3, 0.4) is 0 Å². The third-order valence-electron chi connectivity index (χ3n) is 6.01. The summed E-state index contributed by atoms with van der Waals surface area (Å²) in [5.74, 6) is -3.87. The Morgan fingerprint density at radius 3 is 1.28 bits per heavy atom. The van der Waals surface area contributed by atoms with Crippen LogP contribution in [0.4, 0.5) is 0 Å². The minimum Gasteiger partial charge on any atom is -0.491 e. The van der Waals surface area contributed by atoms with Gasteiger partial charge in [0.2, 0.25) is 0 Å². The van der Waals surface area contributed by atoms with E-state index in [1.165, 1.54) is 0 Å². The Balaban J connectivity index is 1.65. The molecule has 8 heteroatoms. The predicted octanol–water partition coefficient (Wildman–Crippen LogP) is 2.77. The second-order valence-electron chi connectivity index (χ2n) is 7.84. The van der Waals surface area contributed by atoms with Crippen molar-refractivity contribution in [1.82, 2.24) is 0 Å². The van der Waals surface area contributed by atoms with E-state index in [4.69, 9.17) is 18.9 Å². The first kappa shape index (κ1) is 22.1. The SMILES string of the molecule is O=C(O)[C@@H]1[C@H](C(=O)O)[C@H]2c3ccc(cc3)OCCOCCOCCOc3ccc(cc3)[C@@H]12. The molecule has 0 aromatic heterocycles. The first-order valence-corrected chi connectivity index (χ1v) is 10.6. The minimum absolute atomic E-state index is 0.374. The molecule has 2 aromatic rings. The van der Waals surface area contributed by atoms with Crippen molar-refractivity contribution in [2.45, 2.75) is 11.8 Å². The Hall–Kier alpha value is -3.10. The molecular weight excluding hydrogens is 416 g/mol. The van der Waals surface area contributed by atoms with Crippen LogP contribution in [-0.2, 0) is 19.1 Å². The molecule has 1 aliphatic carbocycles. The highest BCUT2D eigenvalue weighted by molar-refractivity contribution is 5.85. The molecule has 0 unspecified atom stereocenters. The Morgan fingerprint density at radius 1 is 0.594 bits per heavy atom. The summed E-state index contributed by atoms with van der Waals surface area (Å²) in [6.45, 7) is 2.50. The first-order valence-electron chi connectivity index (χ1n) is 10.6. The molecule has 1 fully saturated rings. The molecule has 6 rings (SSSR count). The van der Waals surface area contributed by atoms with Crippen molar-refractivity contribution in [3.63, 3.8) is 0 Å². The maximum absolute atomic E-state index is 12.0. The molecule has 0 saturated heterocycles. The number of carbonyl (C=O) groups is 2. The van der Waals surface area contributed by atoms with E-state index >= 15 is 0 Å². The smallest absolute Gasteiger partial charge is 0.308 e. The Bertz CT molecular complexity index is 847. The average Bonchev–Trinajstić information content (AvgIpc) is 2.75. The number of fused-ring (bicyclic) bond motifs is 2. The highest BCUT2D eigenvalue weighted by atomic mass is 16.6. The Morgan fingerprint density at radius 2 is 0.938 bits per heavy atom. The lowest BCUT2D eigenvalue weighted by Gasteiger charge is -2.48. The minimum atomic E-state index is -1.11. The summed E-state index contributed by atoms with van der Waals surface area (Å²) < 4.78 is 22.3. The summed E-state index contributed by atoms with van der Waals surface area (Å²) in [7, 11) is 0. The van der Waals surface area contributed by atoms with Crippen molar-refractivity contribution < 1.29 is 38.7 Å². The van der Waals surface area contributed by atoms with Crippen LogP contribution in [0.25, 0.3) is 0 Å². The van der Waals surface area contributed by atoms with Gasteiger partial charge in [0.05, 0.1) is 38.3 Å². The van der Waals surface area contributed by atoms with Crippen molar-refractivity contribution in [1.29, 1.82) is 0 Å². The molecule has 170 valence electrons. The fourth-order valence-electron chi connectivity index (χ4n) is 4.52. The average molecular weight is 442 g/mol. The number of rotatable bonds is 2. The number of benzene rings is 2. The van der Waals surface area contributed by atoms with E-state index in [1.54, 1.807) is 24.3 Å². The topological polar surface area (TPSA) is 112 Å². The van der Waals surface area contributed by atoms with Gasteiger partial charge >= 0.3 is 11.9 Å². The molecule has 4 bridgehead atoms. The van der Waals surface area contributed by atoms with Gasteiger partial charge in [-0.25, -0.2) is 0 Å². The molecule has 1 saturated carbocycles. The largest absolute Gasteiger partial charge is 0.491 e. The number of carboxylic acids is 2. The first-order chi connectivity index (χ1) is 15.6. The molecule has 3 heterocycles. The molecule has 4 atom stereocenters. The van der Waals surface area contributed by atoms with Crippen LogP contribution in [-0.4, -0.2) is 61.8 Å². The zero-order valence-electron chi connectivity index (χ0n) is 17.5. The molecule has 0 spiro atoms. The van der Waals surface area contributed by atoms with Gasteiger partial charge in [0.1, 0.15) is 24.7 Å². The lowest BCUT2D eigenvalue weighted by atomic mass is 9.52. The molecular formula is C24H26O8. The molecule has 8 nitrogen and oxygen atoms in total. The van der Waals surface area contributed by atoms with Gasteiger partial charge in [-0.3, -0.25) is 9.59 Å². The van der Waals surface area contributed by atoms with Crippen LogP contribution in [0.5, 0.6) is 11.5 Å². The van der Waals surface area contributed by atoms with Gasteiger partial charge < -0.3 is 29.2 Å². The van der Waals surface area contributed by atoms with Gasteiger partial charge in [0.15, 0.2) is 0 Å². The second-order valence-corrected chi connectivity index (χ2v) is 7.84. The Labute approximate surface area is 185 Å². The van der Waals surface area contributed by atoms with Crippen LogP contribution in [0, 0.1) is 11.8 Å². The summed E-state index contributed by atoms with van der Waals surface area (Å²) in [5, 5.41) is 19.6. The monoisotopic (exact) mass is 442 g/mol. The molecule has 0 radical (unpaired) electrons. The van der Waals surface area contributed by atoms with Crippen molar-refractivity contribution in [3.05, 3.63) is 59.7 Å². The highest BCUT2D eigenvalue weighted by Gasteiger charge is 2.58. The molecule has 3 aliphatic heterocycles. The fourth-order valence-corrected chi connectivity index (χ4v) is 4.52. The van der Waals surface area contributed by atoms with Crippen molar-refractivity contribution in [3.8, 4) is 11.5 Å². The van der Waals surface area contributed by atoms with E-state index in [1.807, 2.05) is 24.3 Å². The number of aliphatic carboxylic acids is 2. The second kappa shape index (κ2) is 10.0. The number of hydrogen-bond acceptors (Lipinski definition) is 6. The van der Waals surface area contributed by atoms with E-state index in [0.717, 1.165) is 11.1 Å². The van der Waals surface area contributed by atoms with Gasteiger partial charge in [-0.15, -0.1) is 0 Å². The summed E-state index contributed by atoms with van der Waals surface area (Å²) in [6, 6.07) is 14.3. The van der Waals surface area contributed by atoms with E-state index in [-0.39, 0.29) is 0 Å².